The zero-order valence-electron chi connectivity index (χ0n) is 23.1. The van der Waals surface area contributed by atoms with Crippen molar-refractivity contribution in [1.29, 1.82) is 0 Å². The molecular formula is C24H44N6O9. The van der Waals surface area contributed by atoms with Crippen molar-refractivity contribution in [3.63, 3.8) is 0 Å². The summed E-state index contributed by atoms with van der Waals surface area (Å²) in [4.78, 5) is 73.3. The molecular weight excluding hydrogens is 516 g/mol. The molecule has 0 heterocycles. The Morgan fingerprint density at radius 3 is 1.62 bits per heavy atom. The number of nitrogens with two attached hydrogens (primary N) is 2. The lowest BCUT2D eigenvalue weighted by Crippen LogP contribution is -2.61. The van der Waals surface area contributed by atoms with Gasteiger partial charge in [-0.15, -0.1) is 0 Å². The molecule has 0 aliphatic heterocycles. The van der Waals surface area contributed by atoms with Gasteiger partial charge in [0, 0.05) is 6.42 Å². The van der Waals surface area contributed by atoms with Crippen molar-refractivity contribution in [2.24, 2.45) is 23.3 Å². The highest BCUT2D eigenvalue weighted by Gasteiger charge is 2.34. The molecule has 0 spiro atoms. The van der Waals surface area contributed by atoms with Gasteiger partial charge in [0.2, 0.25) is 29.5 Å². The monoisotopic (exact) mass is 560 g/mol. The normalized spacial score (nSPS) is 15.8. The fraction of sp³-hybridized carbons (Fsp3) is 0.750. The van der Waals surface area contributed by atoms with Gasteiger partial charge in [-0.25, -0.2) is 4.79 Å². The molecule has 0 rings (SSSR count). The predicted molar refractivity (Wildman–Crippen MR) is 139 cm³/mol. The third kappa shape index (κ3) is 13.9. The van der Waals surface area contributed by atoms with Crippen LogP contribution in [-0.4, -0.2) is 93.7 Å². The Kier molecular flexibility index (Phi) is 15.9. The molecule has 0 aliphatic carbocycles. The van der Waals surface area contributed by atoms with Crippen LogP contribution in [0.25, 0.3) is 0 Å². The predicted octanol–water partition coefficient (Wildman–Crippen LogP) is -2.93. The number of carboxylic acids is 1. The van der Waals surface area contributed by atoms with Gasteiger partial charge in [0.15, 0.2) is 0 Å². The van der Waals surface area contributed by atoms with E-state index in [1.807, 2.05) is 0 Å². The van der Waals surface area contributed by atoms with Gasteiger partial charge in [0.1, 0.15) is 24.2 Å². The van der Waals surface area contributed by atoms with Gasteiger partial charge in [0.05, 0.1) is 18.8 Å². The van der Waals surface area contributed by atoms with Crippen molar-refractivity contribution in [2.45, 2.75) is 96.6 Å². The van der Waals surface area contributed by atoms with Gasteiger partial charge in [-0.3, -0.25) is 24.0 Å². The average molecular weight is 561 g/mol. The maximum atomic E-state index is 13.1. The number of hydrogen-bond donors (Lipinski definition) is 9. The van der Waals surface area contributed by atoms with E-state index in [1.54, 1.807) is 27.7 Å². The van der Waals surface area contributed by atoms with Crippen molar-refractivity contribution in [3.05, 3.63) is 0 Å². The molecule has 39 heavy (non-hydrogen) atoms. The molecule has 0 fully saturated rings. The van der Waals surface area contributed by atoms with Crippen LogP contribution in [0.15, 0.2) is 0 Å². The number of carbonyl (C=O) groups excluding carboxylic acids is 5. The van der Waals surface area contributed by atoms with Gasteiger partial charge < -0.3 is 48.1 Å². The van der Waals surface area contributed by atoms with Crippen LogP contribution in [0.1, 0.15) is 60.3 Å². The molecule has 15 heteroatoms. The highest BCUT2D eigenvalue weighted by molar-refractivity contribution is 5.95. The number of rotatable bonds is 18. The average Bonchev–Trinajstić information content (AvgIpc) is 2.81. The number of aliphatic hydroxyl groups is 2. The van der Waals surface area contributed by atoms with Crippen LogP contribution in [-0.2, 0) is 28.8 Å². The molecule has 0 saturated carbocycles. The third-order valence-corrected chi connectivity index (χ3v) is 5.58. The molecule has 6 atom stereocenters. The van der Waals surface area contributed by atoms with E-state index in [0.29, 0.717) is 0 Å². The Morgan fingerprint density at radius 1 is 0.718 bits per heavy atom. The maximum Gasteiger partial charge on any atom is 0.326 e. The Labute approximate surface area is 227 Å². The molecule has 0 aliphatic rings. The van der Waals surface area contributed by atoms with Crippen molar-refractivity contribution < 1.29 is 44.1 Å². The van der Waals surface area contributed by atoms with Crippen LogP contribution in [0, 0.1) is 11.8 Å². The zero-order valence-corrected chi connectivity index (χ0v) is 23.1. The van der Waals surface area contributed by atoms with Gasteiger partial charge >= 0.3 is 5.97 Å². The second kappa shape index (κ2) is 17.3. The molecule has 0 radical (unpaired) electrons. The second-order valence-corrected chi connectivity index (χ2v) is 10.3. The topological polar surface area (TPSA) is 263 Å². The van der Waals surface area contributed by atoms with Crippen LogP contribution in [0.2, 0.25) is 0 Å². The first kappa shape index (κ1) is 35.7. The van der Waals surface area contributed by atoms with Gasteiger partial charge in [-0.2, -0.15) is 0 Å². The first-order chi connectivity index (χ1) is 18.0. The van der Waals surface area contributed by atoms with E-state index in [1.165, 1.54) is 6.92 Å². The number of aliphatic hydroxyl groups excluding tert-OH is 2. The molecule has 0 aromatic carbocycles. The number of carboxylic acid groups (broad SMARTS) is 1. The minimum atomic E-state index is -1.53. The standard InChI is InChI=1S/C24H44N6O9/c1-11(2)8-15(27-22(36)17(10-31)29-20(34)14(25)6-7-18(26)33)21(35)30-19(13(5)32)23(37)28-16(24(38)39)9-12(3)4/h11-17,19,31-32H,6-10,25H2,1-5H3,(H2,26,33)(H,27,36)(H,28,37)(H,29,34)(H,30,35)(H,38,39)/t13-,14+,15+,16+,17+,19+/m1/s1. The van der Waals surface area contributed by atoms with E-state index >= 15 is 0 Å². The molecule has 0 bridgehead atoms. The molecule has 15 nitrogen and oxygen atoms in total. The summed E-state index contributed by atoms with van der Waals surface area (Å²) in [6, 6.07) is -6.68. The Morgan fingerprint density at radius 2 is 1.18 bits per heavy atom. The van der Waals surface area contributed by atoms with E-state index in [-0.39, 0.29) is 37.5 Å². The summed E-state index contributed by atoms with van der Waals surface area (Å²) in [5.41, 5.74) is 10.7. The van der Waals surface area contributed by atoms with Gasteiger partial charge in [-0.1, -0.05) is 27.7 Å². The fourth-order valence-electron chi connectivity index (χ4n) is 3.49. The molecule has 5 amide bonds. The third-order valence-electron chi connectivity index (χ3n) is 5.58. The number of aliphatic carboxylic acids is 1. The highest BCUT2D eigenvalue weighted by Crippen LogP contribution is 2.09. The SMILES string of the molecule is CC(C)C[C@H](NC(=O)[C@@H](NC(=O)[C@H](CC(C)C)NC(=O)[C@H](CO)NC(=O)[C@@H](N)CCC(N)=O)[C@@H](C)O)C(=O)O. The minimum Gasteiger partial charge on any atom is -0.480 e. The molecule has 0 unspecified atom stereocenters. The lowest BCUT2D eigenvalue weighted by Gasteiger charge is -2.28. The number of nitrogens with one attached hydrogen (secondary N) is 4. The summed E-state index contributed by atoms with van der Waals surface area (Å²) in [7, 11) is 0. The number of primary amides is 1. The van der Waals surface area contributed by atoms with E-state index in [4.69, 9.17) is 11.5 Å². The van der Waals surface area contributed by atoms with Crippen molar-refractivity contribution in [2.75, 3.05) is 6.61 Å². The van der Waals surface area contributed by atoms with E-state index in [2.05, 4.69) is 21.3 Å². The smallest absolute Gasteiger partial charge is 0.326 e. The maximum absolute atomic E-state index is 13.1. The Hall–Kier alpha value is -3.30. The van der Waals surface area contributed by atoms with Crippen LogP contribution in [0.3, 0.4) is 0 Å². The number of carbonyl (C=O) groups is 6. The number of amides is 5. The lowest BCUT2D eigenvalue weighted by molar-refractivity contribution is -0.143. The molecule has 224 valence electrons. The van der Waals surface area contributed by atoms with Crippen LogP contribution in [0.4, 0.5) is 0 Å². The zero-order chi connectivity index (χ0) is 30.4. The van der Waals surface area contributed by atoms with E-state index < -0.39 is 78.4 Å². The highest BCUT2D eigenvalue weighted by atomic mass is 16.4. The molecule has 11 N–H and O–H groups in total. The minimum absolute atomic E-state index is 0.0608. The number of hydrogen-bond acceptors (Lipinski definition) is 9. The summed E-state index contributed by atoms with van der Waals surface area (Å²) < 4.78 is 0. The van der Waals surface area contributed by atoms with Crippen molar-refractivity contribution in [3.8, 4) is 0 Å². The molecule has 0 aromatic rings. The van der Waals surface area contributed by atoms with Crippen molar-refractivity contribution in [1.82, 2.24) is 21.3 Å². The van der Waals surface area contributed by atoms with Crippen LogP contribution >= 0.6 is 0 Å². The van der Waals surface area contributed by atoms with E-state index in [9.17, 15) is 44.1 Å². The fourth-order valence-corrected chi connectivity index (χ4v) is 3.49. The van der Waals surface area contributed by atoms with Crippen LogP contribution < -0.4 is 32.7 Å². The largest absolute Gasteiger partial charge is 0.480 e. The summed E-state index contributed by atoms with van der Waals surface area (Å²) in [6.45, 7) is 7.46. The first-order valence-electron chi connectivity index (χ1n) is 12.8. The van der Waals surface area contributed by atoms with Crippen LogP contribution in [0.5, 0.6) is 0 Å². The summed E-state index contributed by atoms with van der Waals surface area (Å²) >= 11 is 0. The van der Waals surface area contributed by atoms with Crippen molar-refractivity contribution >= 4 is 35.5 Å². The quantitative estimate of drug-likeness (QED) is 0.0823. The first-order valence-corrected chi connectivity index (χ1v) is 12.8. The van der Waals surface area contributed by atoms with E-state index in [0.717, 1.165) is 0 Å². The second-order valence-electron chi connectivity index (χ2n) is 10.3. The summed E-state index contributed by atoms with van der Waals surface area (Å²) in [6.07, 6.45) is -1.45. The Bertz CT molecular complexity index is 865. The summed E-state index contributed by atoms with van der Waals surface area (Å²) in [5.74, 6) is -5.66. The molecule has 0 saturated heterocycles. The lowest BCUT2D eigenvalue weighted by atomic mass is 10.0. The van der Waals surface area contributed by atoms with Gasteiger partial charge in [0.25, 0.3) is 0 Å². The summed E-state index contributed by atoms with van der Waals surface area (Å²) in [5, 5.41) is 38.5. The molecule has 0 aromatic heterocycles. The van der Waals surface area contributed by atoms with Gasteiger partial charge in [-0.05, 0) is 38.0 Å². The Balaban J connectivity index is 5.56.